The molecule has 1 heteroatoms. The Morgan fingerprint density at radius 3 is 2.43 bits per heavy atom. The van der Waals surface area contributed by atoms with Crippen LogP contribution in [0.5, 0.6) is 0 Å². The molecule has 0 aliphatic carbocycles. The summed E-state index contributed by atoms with van der Waals surface area (Å²) in [5.74, 6) is 0. The Morgan fingerprint density at radius 2 is 2.29 bits per heavy atom. The molecule has 1 nitrogen and oxygen atoms in total. The molecule has 0 aromatic carbocycles. The molecule has 0 amide bonds. The fourth-order valence-electron chi connectivity index (χ4n) is 0.372. The van der Waals surface area contributed by atoms with Crippen LogP contribution in [0.25, 0.3) is 0 Å². The molecule has 0 aromatic heterocycles. The van der Waals surface area contributed by atoms with Gasteiger partial charge < -0.3 is 5.73 Å². The minimum Gasteiger partial charge on any atom is -0.403 e. The molecule has 0 rings (SSSR count). The lowest BCUT2D eigenvalue weighted by molar-refractivity contribution is 0.945. The number of hydrogen-bond acceptors (Lipinski definition) is 1. The monoisotopic (exact) mass is 99.1 g/mol. The molecule has 0 atom stereocenters. The minimum atomic E-state index is 0.932. The summed E-state index contributed by atoms with van der Waals surface area (Å²) in [6.07, 6.45) is 4.34. The Labute approximate surface area is 45.2 Å². The average Bonchev–Trinajstić information content (AvgIpc) is 1.61. The van der Waals surface area contributed by atoms with Gasteiger partial charge >= 0.3 is 0 Å². The van der Waals surface area contributed by atoms with Gasteiger partial charge in [-0.15, -0.1) is 0 Å². The van der Waals surface area contributed by atoms with Crippen molar-refractivity contribution in [3.05, 3.63) is 11.8 Å². The molecule has 0 heterocycles. The van der Waals surface area contributed by atoms with Crippen LogP contribution in [0, 0.1) is 0 Å². The van der Waals surface area contributed by atoms with Crippen molar-refractivity contribution in [3.63, 3.8) is 0 Å². The van der Waals surface area contributed by atoms with Crippen LogP contribution in [-0.2, 0) is 0 Å². The third-order valence-electron chi connectivity index (χ3n) is 0.755. The lowest BCUT2D eigenvalue weighted by atomic mass is 10.3. The average molecular weight is 99.2 g/mol. The Bertz CT molecular complexity index is 60.6. The van der Waals surface area contributed by atoms with Crippen LogP contribution in [0.2, 0.25) is 0 Å². The van der Waals surface area contributed by atoms with Crippen LogP contribution in [-0.4, -0.2) is 0 Å². The zero-order valence-corrected chi connectivity index (χ0v) is 5.07. The molecule has 0 spiro atoms. The first-order valence-electron chi connectivity index (χ1n) is 2.69. The molecule has 0 aliphatic heterocycles. The van der Waals surface area contributed by atoms with Crippen LogP contribution in [0.15, 0.2) is 11.8 Å². The Hall–Kier alpha value is -0.460. The first kappa shape index (κ1) is 6.54. The van der Waals surface area contributed by atoms with Crippen molar-refractivity contribution in [3.8, 4) is 0 Å². The van der Waals surface area contributed by atoms with Crippen molar-refractivity contribution in [1.82, 2.24) is 0 Å². The molecule has 0 fully saturated rings. The molecule has 7 heavy (non-hydrogen) atoms. The van der Waals surface area contributed by atoms with Crippen LogP contribution in [0.3, 0.4) is 0 Å². The van der Waals surface area contributed by atoms with E-state index < -0.39 is 0 Å². The third-order valence-corrected chi connectivity index (χ3v) is 0.755. The number of nitrogens with two attached hydrogens (primary N) is 1. The largest absolute Gasteiger partial charge is 0.403 e. The number of allylic oxidation sites excluding steroid dienone is 2. The minimum absolute atomic E-state index is 0.932. The van der Waals surface area contributed by atoms with Gasteiger partial charge in [-0.1, -0.05) is 19.4 Å². The highest BCUT2D eigenvalue weighted by Crippen LogP contribution is 1.89. The summed E-state index contributed by atoms with van der Waals surface area (Å²) in [6.45, 7) is 4.05. The molecular weight excluding hydrogens is 86.1 g/mol. The molecule has 0 saturated carbocycles. The van der Waals surface area contributed by atoms with Gasteiger partial charge in [0.15, 0.2) is 0 Å². The molecule has 0 radical (unpaired) electrons. The second kappa shape index (κ2) is 3.72. The van der Waals surface area contributed by atoms with Crippen LogP contribution >= 0.6 is 0 Å². The summed E-state index contributed by atoms with van der Waals surface area (Å²) < 4.78 is 0. The van der Waals surface area contributed by atoms with Crippen molar-refractivity contribution in [1.29, 1.82) is 0 Å². The fourth-order valence-corrected chi connectivity index (χ4v) is 0.372. The van der Waals surface area contributed by atoms with Crippen molar-refractivity contribution in [2.75, 3.05) is 0 Å². The van der Waals surface area contributed by atoms with E-state index in [1.807, 2.05) is 13.0 Å². The second-order valence-electron chi connectivity index (χ2n) is 1.74. The van der Waals surface area contributed by atoms with Gasteiger partial charge in [-0.25, -0.2) is 0 Å². The number of unbranched alkanes of at least 4 members (excludes halogenated alkanes) is 1. The van der Waals surface area contributed by atoms with E-state index in [9.17, 15) is 0 Å². The Balaban J connectivity index is 3.08. The van der Waals surface area contributed by atoms with Gasteiger partial charge in [0.1, 0.15) is 0 Å². The molecule has 0 bridgehead atoms. The van der Waals surface area contributed by atoms with Gasteiger partial charge in [0.25, 0.3) is 0 Å². The van der Waals surface area contributed by atoms with E-state index >= 15 is 0 Å². The molecule has 0 aromatic rings. The maximum atomic E-state index is 5.34. The zero-order chi connectivity index (χ0) is 5.70. The third kappa shape index (κ3) is 5.54. The topological polar surface area (TPSA) is 26.0 Å². The summed E-state index contributed by atoms with van der Waals surface area (Å²) >= 11 is 0. The zero-order valence-electron chi connectivity index (χ0n) is 5.07. The molecular formula is C6H13N. The van der Waals surface area contributed by atoms with Gasteiger partial charge in [-0.2, -0.15) is 0 Å². The summed E-state index contributed by atoms with van der Waals surface area (Å²) in [7, 11) is 0. The summed E-state index contributed by atoms with van der Waals surface area (Å²) in [4.78, 5) is 0. The molecule has 42 valence electrons. The Morgan fingerprint density at radius 1 is 1.71 bits per heavy atom. The molecule has 0 saturated heterocycles. The molecule has 2 N–H and O–H groups in total. The van der Waals surface area contributed by atoms with E-state index in [1.165, 1.54) is 6.42 Å². The van der Waals surface area contributed by atoms with Gasteiger partial charge in [-0.3, -0.25) is 0 Å². The van der Waals surface area contributed by atoms with Gasteiger partial charge in [0, 0.05) is 5.70 Å². The van der Waals surface area contributed by atoms with Crippen LogP contribution in [0.4, 0.5) is 0 Å². The van der Waals surface area contributed by atoms with Gasteiger partial charge in [0.05, 0.1) is 0 Å². The number of hydrogen-bond donors (Lipinski definition) is 1. The predicted octanol–water partition coefficient (Wildman–Crippen LogP) is 1.65. The highest BCUT2D eigenvalue weighted by Gasteiger charge is 1.73. The van der Waals surface area contributed by atoms with Crippen molar-refractivity contribution in [2.24, 2.45) is 5.73 Å². The lowest BCUT2D eigenvalue weighted by Crippen LogP contribution is -1.88. The highest BCUT2D eigenvalue weighted by atomic mass is 14.5. The molecule has 0 aliphatic rings. The van der Waals surface area contributed by atoms with E-state index in [1.54, 1.807) is 0 Å². The summed E-state index contributed by atoms with van der Waals surface area (Å²) in [5.41, 5.74) is 6.27. The highest BCUT2D eigenvalue weighted by molar-refractivity contribution is 4.90. The van der Waals surface area contributed by atoms with Crippen molar-refractivity contribution >= 4 is 0 Å². The standard InChI is InChI=1S/C6H13N/c1-3-4-5-6(2)7/h5H,3-4,7H2,1-2H3/b6-5-. The maximum Gasteiger partial charge on any atom is 0.000832 e. The fraction of sp³-hybridized carbons (Fsp3) is 0.667. The Kier molecular flexibility index (Phi) is 3.48. The normalized spacial score (nSPS) is 12.0. The van der Waals surface area contributed by atoms with E-state index in [0.717, 1.165) is 12.1 Å². The summed E-state index contributed by atoms with van der Waals surface area (Å²) in [6, 6.07) is 0. The van der Waals surface area contributed by atoms with E-state index in [0.29, 0.717) is 0 Å². The first-order chi connectivity index (χ1) is 3.27. The SMILES string of the molecule is CCC/C=C(/C)N. The molecule has 0 unspecified atom stereocenters. The summed E-state index contributed by atoms with van der Waals surface area (Å²) in [5, 5.41) is 0. The van der Waals surface area contributed by atoms with Crippen LogP contribution in [0.1, 0.15) is 26.7 Å². The van der Waals surface area contributed by atoms with E-state index in [4.69, 9.17) is 5.73 Å². The van der Waals surface area contributed by atoms with Gasteiger partial charge in [-0.05, 0) is 13.3 Å². The van der Waals surface area contributed by atoms with Crippen molar-refractivity contribution in [2.45, 2.75) is 26.7 Å². The van der Waals surface area contributed by atoms with Crippen molar-refractivity contribution < 1.29 is 0 Å². The quantitative estimate of drug-likeness (QED) is 0.559. The van der Waals surface area contributed by atoms with E-state index in [-0.39, 0.29) is 0 Å². The van der Waals surface area contributed by atoms with Gasteiger partial charge in [0.2, 0.25) is 0 Å². The second-order valence-corrected chi connectivity index (χ2v) is 1.74. The number of rotatable bonds is 2. The van der Waals surface area contributed by atoms with E-state index in [2.05, 4.69) is 6.92 Å². The maximum absolute atomic E-state index is 5.34. The smallest absolute Gasteiger partial charge is 0.000832 e. The first-order valence-corrected chi connectivity index (χ1v) is 2.69. The lowest BCUT2D eigenvalue weighted by Gasteiger charge is -1.85. The predicted molar refractivity (Wildman–Crippen MR) is 32.9 cm³/mol. The van der Waals surface area contributed by atoms with Crippen LogP contribution < -0.4 is 5.73 Å².